The van der Waals surface area contributed by atoms with E-state index in [0.29, 0.717) is 16.9 Å². The van der Waals surface area contributed by atoms with E-state index in [2.05, 4.69) is 4.74 Å². The van der Waals surface area contributed by atoms with E-state index in [4.69, 9.17) is 14.9 Å². The molecule has 2 aromatic rings. The monoisotopic (exact) mass is 317 g/mol. The van der Waals surface area contributed by atoms with Gasteiger partial charge in [0, 0.05) is 11.1 Å². The summed E-state index contributed by atoms with van der Waals surface area (Å²) in [5.74, 6) is -1.36. The number of benzene rings is 1. The van der Waals surface area contributed by atoms with E-state index in [-0.39, 0.29) is 17.9 Å². The Balaban J connectivity index is 2.01. The van der Waals surface area contributed by atoms with Crippen LogP contribution in [0.5, 0.6) is 0 Å². The highest BCUT2D eigenvalue weighted by Crippen LogP contribution is 2.17. The molecule has 0 aliphatic carbocycles. The highest BCUT2D eigenvalue weighted by Gasteiger charge is 2.17. The second-order valence-electron chi connectivity index (χ2n) is 4.73. The predicted octanol–water partition coefficient (Wildman–Crippen LogP) is 1.83. The molecule has 0 aliphatic rings. The van der Waals surface area contributed by atoms with Gasteiger partial charge in [0.15, 0.2) is 0 Å². The zero-order valence-corrected chi connectivity index (χ0v) is 12.6. The smallest absolute Gasteiger partial charge is 0.374 e. The van der Waals surface area contributed by atoms with Crippen LogP contribution in [0.15, 0.2) is 34.7 Å². The molecule has 1 aromatic heterocycles. The van der Waals surface area contributed by atoms with Crippen LogP contribution in [-0.2, 0) is 16.1 Å². The number of aryl methyl sites for hydroxylation is 1. The standard InChI is InChI=1S/C16H15NO6/c1-9-7-12(23-13(9)16(20)21-2)8-22-15(19)11-5-3-10(4-6-11)14(17)18/h3-7H,8H2,1-2H3,(H2,17,18). The van der Waals surface area contributed by atoms with Crippen LogP contribution in [0, 0.1) is 6.92 Å². The molecule has 1 aromatic carbocycles. The third kappa shape index (κ3) is 3.76. The van der Waals surface area contributed by atoms with Crippen molar-refractivity contribution in [2.24, 2.45) is 5.73 Å². The molecular formula is C16H15NO6. The molecule has 0 bridgehead atoms. The van der Waals surface area contributed by atoms with Crippen molar-refractivity contribution in [2.45, 2.75) is 13.5 Å². The normalized spacial score (nSPS) is 10.2. The Labute approximate surface area is 132 Å². The molecule has 1 heterocycles. The highest BCUT2D eigenvalue weighted by molar-refractivity contribution is 5.95. The molecule has 0 atom stereocenters. The lowest BCUT2D eigenvalue weighted by Gasteiger charge is -2.03. The molecule has 0 fully saturated rings. The third-order valence-corrected chi connectivity index (χ3v) is 3.09. The molecule has 23 heavy (non-hydrogen) atoms. The number of primary amides is 1. The molecule has 0 spiro atoms. The van der Waals surface area contributed by atoms with Crippen LogP contribution in [0.1, 0.15) is 42.6 Å². The van der Waals surface area contributed by atoms with Gasteiger partial charge in [-0.1, -0.05) is 0 Å². The first kappa shape index (κ1) is 16.3. The van der Waals surface area contributed by atoms with Crippen molar-refractivity contribution in [3.8, 4) is 0 Å². The molecule has 7 nitrogen and oxygen atoms in total. The third-order valence-electron chi connectivity index (χ3n) is 3.09. The minimum atomic E-state index is -0.595. The number of ether oxygens (including phenoxy) is 2. The lowest BCUT2D eigenvalue weighted by Crippen LogP contribution is -2.11. The summed E-state index contributed by atoms with van der Waals surface area (Å²) in [6.07, 6.45) is 0. The summed E-state index contributed by atoms with van der Waals surface area (Å²) in [5.41, 5.74) is 6.28. The first-order valence-corrected chi connectivity index (χ1v) is 6.67. The summed E-state index contributed by atoms with van der Waals surface area (Å²) < 4.78 is 15.0. The Morgan fingerprint density at radius 3 is 2.26 bits per heavy atom. The van der Waals surface area contributed by atoms with E-state index in [9.17, 15) is 14.4 Å². The molecule has 0 unspecified atom stereocenters. The van der Waals surface area contributed by atoms with Gasteiger partial charge in [-0.3, -0.25) is 4.79 Å². The summed E-state index contributed by atoms with van der Waals surface area (Å²) in [4.78, 5) is 34.3. The van der Waals surface area contributed by atoms with Crippen molar-refractivity contribution < 1.29 is 28.3 Å². The molecule has 1 amide bonds. The average Bonchev–Trinajstić information content (AvgIpc) is 2.92. The molecule has 120 valence electrons. The maximum Gasteiger partial charge on any atom is 0.374 e. The van der Waals surface area contributed by atoms with Crippen molar-refractivity contribution in [3.63, 3.8) is 0 Å². The minimum absolute atomic E-state index is 0.0735. The number of carbonyl (C=O) groups excluding carboxylic acids is 3. The van der Waals surface area contributed by atoms with E-state index < -0.39 is 17.8 Å². The Morgan fingerprint density at radius 2 is 1.70 bits per heavy atom. The van der Waals surface area contributed by atoms with Crippen molar-refractivity contribution in [3.05, 3.63) is 58.5 Å². The van der Waals surface area contributed by atoms with E-state index in [1.807, 2.05) is 0 Å². The number of amides is 1. The van der Waals surface area contributed by atoms with Gasteiger partial charge in [-0.2, -0.15) is 0 Å². The van der Waals surface area contributed by atoms with Crippen LogP contribution in [0.4, 0.5) is 0 Å². The Kier molecular flexibility index (Phi) is 4.80. The number of esters is 2. The van der Waals surface area contributed by atoms with Crippen molar-refractivity contribution in [1.29, 1.82) is 0 Å². The predicted molar refractivity (Wildman–Crippen MR) is 78.9 cm³/mol. The maximum absolute atomic E-state index is 11.9. The number of methoxy groups -OCH3 is 1. The molecule has 2 rings (SSSR count). The van der Waals surface area contributed by atoms with Crippen LogP contribution >= 0.6 is 0 Å². The van der Waals surface area contributed by atoms with E-state index >= 15 is 0 Å². The fourth-order valence-corrected chi connectivity index (χ4v) is 1.91. The van der Waals surface area contributed by atoms with Gasteiger partial charge in [0.1, 0.15) is 12.4 Å². The fourth-order valence-electron chi connectivity index (χ4n) is 1.91. The van der Waals surface area contributed by atoms with Gasteiger partial charge in [-0.15, -0.1) is 0 Å². The summed E-state index contributed by atoms with van der Waals surface area (Å²) >= 11 is 0. The largest absolute Gasteiger partial charge is 0.463 e. The number of nitrogens with two attached hydrogens (primary N) is 1. The van der Waals surface area contributed by atoms with E-state index in [0.717, 1.165) is 0 Å². The second-order valence-corrected chi connectivity index (χ2v) is 4.73. The number of rotatable bonds is 5. The molecule has 2 N–H and O–H groups in total. The van der Waals surface area contributed by atoms with Gasteiger partial charge in [0.25, 0.3) is 0 Å². The number of hydrogen-bond acceptors (Lipinski definition) is 6. The molecular weight excluding hydrogens is 302 g/mol. The van der Waals surface area contributed by atoms with E-state index in [1.54, 1.807) is 13.0 Å². The summed E-state index contributed by atoms with van der Waals surface area (Å²) in [5, 5.41) is 0. The number of hydrogen-bond donors (Lipinski definition) is 1. The topological polar surface area (TPSA) is 109 Å². The SMILES string of the molecule is COC(=O)c1oc(COC(=O)c2ccc(C(N)=O)cc2)cc1C. The van der Waals surface area contributed by atoms with Crippen molar-refractivity contribution in [1.82, 2.24) is 0 Å². The van der Waals surface area contributed by atoms with Crippen LogP contribution < -0.4 is 5.73 Å². The van der Waals surface area contributed by atoms with Crippen LogP contribution in [0.2, 0.25) is 0 Å². The van der Waals surface area contributed by atoms with E-state index in [1.165, 1.54) is 31.4 Å². The lowest BCUT2D eigenvalue weighted by molar-refractivity contribution is 0.0438. The first-order chi connectivity index (χ1) is 10.9. The van der Waals surface area contributed by atoms with Crippen LogP contribution in [0.3, 0.4) is 0 Å². The van der Waals surface area contributed by atoms with Crippen molar-refractivity contribution >= 4 is 17.8 Å². The lowest BCUT2D eigenvalue weighted by atomic mass is 10.1. The fraction of sp³-hybridized carbons (Fsp3) is 0.188. The summed E-state index contributed by atoms with van der Waals surface area (Å²) in [6, 6.07) is 7.34. The molecule has 0 aliphatic heterocycles. The van der Waals surface area contributed by atoms with Gasteiger partial charge in [-0.05, 0) is 37.3 Å². The Hall–Kier alpha value is -3.09. The maximum atomic E-state index is 11.9. The van der Waals surface area contributed by atoms with Gasteiger partial charge in [0.2, 0.25) is 11.7 Å². The molecule has 0 radical (unpaired) electrons. The van der Waals surface area contributed by atoms with Gasteiger partial charge in [-0.25, -0.2) is 9.59 Å². The quantitative estimate of drug-likeness (QED) is 0.843. The number of furan rings is 1. The van der Waals surface area contributed by atoms with Crippen LogP contribution in [-0.4, -0.2) is 25.0 Å². The van der Waals surface area contributed by atoms with Gasteiger partial charge in [0.05, 0.1) is 12.7 Å². The second kappa shape index (κ2) is 6.78. The summed E-state index contributed by atoms with van der Waals surface area (Å²) in [6.45, 7) is 1.55. The summed E-state index contributed by atoms with van der Waals surface area (Å²) in [7, 11) is 1.25. The zero-order valence-electron chi connectivity index (χ0n) is 12.6. The Morgan fingerprint density at radius 1 is 1.09 bits per heavy atom. The average molecular weight is 317 g/mol. The zero-order chi connectivity index (χ0) is 17.0. The number of carbonyl (C=O) groups is 3. The highest BCUT2D eigenvalue weighted by atomic mass is 16.5. The van der Waals surface area contributed by atoms with Gasteiger partial charge < -0.3 is 19.6 Å². The first-order valence-electron chi connectivity index (χ1n) is 6.67. The minimum Gasteiger partial charge on any atom is -0.463 e. The van der Waals surface area contributed by atoms with Crippen molar-refractivity contribution in [2.75, 3.05) is 7.11 Å². The molecule has 7 heteroatoms. The van der Waals surface area contributed by atoms with Gasteiger partial charge >= 0.3 is 11.9 Å². The van der Waals surface area contributed by atoms with Crippen LogP contribution in [0.25, 0.3) is 0 Å². The molecule has 0 saturated heterocycles. The Bertz CT molecular complexity index is 744. The molecule has 0 saturated carbocycles.